The highest BCUT2D eigenvalue weighted by atomic mass is 35.5. The molecule has 1 fully saturated rings. The molecule has 2 aliphatic heterocycles. The molecular formula is C24H23ClN4O. The molecule has 5 rings (SSSR count). The Morgan fingerprint density at radius 3 is 2.40 bits per heavy atom. The van der Waals surface area contributed by atoms with Crippen molar-refractivity contribution in [2.45, 2.75) is 19.3 Å². The maximum Gasteiger partial charge on any atom is 0.230 e. The lowest BCUT2D eigenvalue weighted by atomic mass is 9.95. The second kappa shape index (κ2) is 8.07. The molecule has 1 amide bonds. The van der Waals surface area contributed by atoms with Gasteiger partial charge in [0.05, 0.1) is 5.69 Å². The first-order valence-corrected chi connectivity index (χ1v) is 10.8. The molecule has 0 saturated carbocycles. The summed E-state index contributed by atoms with van der Waals surface area (Å²) in [6.07, 6.45) is 2.65. The van der Waals surface area contributed by atoms with Gasteiger partial charge in [0.25, 0.3) is 0 Å². The first-order valence-electron chi connectivity index (χ1n) is 10.4. The Balaban J connectivity index is 1.22. The Labute approximate surface area is 181 Å². The van der Waals surface area contributed by atoms with Gasteiger partial charge in [-0.15, -0.1) is 10.2 Å². The van der Waals surface area contributed by atoms with Crippen LogP contribution in [0.25, 0.3) is 11.3 Å². The molecule has 30 heavy (non-hydrogen) atoms. The second-order valence-electron chi connectivity index (χ2n) is 7.91. The highest BCUT2D eigenvalue weighted by Gasteiger charge is 2.32. The van der Waals surface area contributed by atoms with E-state index in [0.717, 1.165) is 61.7 Å². The number of piperidine rings is 1. The minimum Gasteiger partial charge on any atom is -0.355 e. The van der Waals surface area contributed by atoms with Gasteiger partial charge in [0.1, 0.15) is 0 Å². The van der Waals surface area contributed by atoms with Crippen LogP contribution in [0, 0.1) is 5.92 Å². The van der Waals surface area contributed by atoms with Crippen LogP contribution < -0.4 is 9.80 Å². The summed E-state index contributed by atoms with van der Waals surface area (Å²) in [5.41, 5.74) is 4.19. The maximum atomic E-state index is 13.1. The highest BCUT2D eigenvalue weighted by molar-refractivity contribution is 6.30. The number of para-hydroxylation sites is 1. The van der Waals surface area contributed by atoms with Gasteiger partial charge in [-0.05, 0) is 55.2 Å². The highest BCUT2D eigenvalue weighted by Crippen LogP contribution is 2.31. The van der Waals surface area contributed by atoms with E-state index in [1.807, 2.05) is 53.4 Å². The molecule has 0 aliphatic carbocycles. The van der Waals surface area contributed by atoms with Crippen molar-refractivity contribution in [3.05, 3.63) is 71.2 Å². The number of hydrogen-bond acceptors (Lipinski definition) is 4. The summed E-state index contributed by atoms with van der Waals surface area (Å²) in [6, 6.07) is 19.8. The van der Waals surface area contributed by atoms with Crippen molar-refractivity contribution in [2.24, 2.45) is 5.92 Å². The Morgan fingerprint density at radius 1 is 0.900 bits per heavy atom. The number of anilines is 2. The fourth-order valence-electron chi connectivity index (χ4n) is 4.41. The number of hydrogen-bond donors (Lipinski definition) is 0. The van der Waals surface area contributed by atoms with Crippen molar-refractivity contribution in [1.82, 2.24) is 10.2 Å². The van der Waals surface area contributed by atoms with Crippen molar-refractivity contribution in [3.8, 4) is 11.3 Å². The lowest BCUT2D eigenvalue weighted by Crippen LogP contribution is -2.42. The van der Waals surface area contributed by atoms with E-state index in [9.17, 15) is 4.79 Å². The van der Waals surface area contributed by atoms with E-state index in [4.69, 9.17) is 11.6 Å². The number of nitrogens with zero attached hydrogens (tertiary/aromatic N) is 4. The van der Waals surface area contributed by atoms with Crippen LogP contribution in [-0.2, 0) is 11.2 Å². The van der Waals surface area contributed by atoms with Gasteiger partial charge in [-0.3, -0.25) is 4.79 Å². The van der Waals surface area contributed by atoms with Gasteiger partial charge in [0.2, 0.25) is 5.91 Å². The van der Waals surface area contributed by atoms with Crippen molar-refractivity contribution < 1.29 is 4.79 Å². The van der Waals surface area contributed by atoms with E-state index < -0.39 is 0 Å². The Bertz CT molecular complexity index is 1040. The zero-order valence-electron chi connectivity index (χ0n) is 16.7. The van der Waals surface area contributed by atoms with Crippen molar-refractivity contribution in [2.75, 3.05) is 29.4 Å². The van der Waals surface area contributed by atoms with Crippen LogP contribution in [0.4, 0.5) is 11.5 Å². The summed E-state index contributed by atoms with van der Waals surface area (Å²) in [4.78, 5) is 17.3. The van der Waals surface area contributed by atoms with Crippen LogP contribution in [0.2, 0.25) is 5.02 Å². The first-order chi connectivity index (χ1) is 14.7. The van der Waals surface area contributed by atoms with Crippen molar-refractivity contribution >= 4 is 29.0 Å². The fourth-order valence-corrected chi connectivity index (χ4v) is 4.54. The molecule has 2 aliphatic rings. The third-order valence-electron chi connectivity index (χ3n) is 6.11. The standard InChI is InChI=1S/C24H23ClN4O/c25-20-7-5-17(6-8-20)21-9-10-23(27-26-21)28-14-11-19(12-15-28)24(30)29-16-13-18-3-1-2-4-22(18)29/h1-10,19H,11-16H2. The summed E-state index contributed by atoms with van der Waals surface area (Å²) in [6.45, 7) is 2.44. The van der Waals surface area contributed by atoms with Gasteiger partial charge in [0, 0.05) is 41.8 Å². The number of amides is 1. The quantitative estimate of drug-likeness (QED) is 0.623. The first kappa shape index (κ1) is 19.1. The summed E-state index contributed by atoms with van der Waals surface area (Å²) in [5.74, 6) is 1.21. The normalized spacial score (nSPS) is 16.6. The van der Waals surface area contributed by atoms with E-state index in [2.05, 4.69) is 27.2 Å². The Morgan fingerprint density at radius 2 is 1.67 bits per heavy atom. The zero-order valence-corrected chi connectivity index (χ0v) is 17.4. The van der Waals surface area contributed by atoms with Crippen LogP contribution in [0.15, 0.2) is 60.7 Å². The summed E-state index contributed by atoms with van der Waals surface area (Å²) in [7, 11) is 0. The molecule has 6 heteroatoms. The molecule has 0 spiro atoms. The number of carbonyl (C=O) groups is 1. The van der Waals surface area contributed by atoms with Gasteiger partial charge in [-0.2, -0.15) is 0 Å². The van der Waals surface area contributed by atoms with Crippen molar-refractivity contribution in [1.29, 1.82) is 0 Å². The van der Waals surface area contributed by atoms with E-state index >= 15 is 0 Å². The SMILES string of the molecule is O=C(C1CCN(c2ccc(-c3ccc(Cl)cc3)nn2)CC1)N1CCc2ccccc21. The molecule has 5 nitrogen and oxygen atoms in total. The molecule has 3 heterocycles. The van der Waals surface area contributed by atoms with Gasteiger partial charge in [0.15, 0.2) is 5.82 Å². The van der Waals surface area contributed by atoms with Gasteiger partial charge >= 0.3 is 0 Å². The molecule has 0 bridgehead atoms. The summed E-state index contributed by atoms with van der Waals surface area (Å²) >= 11 is 5.96. The minimum atomic E-state index is 0.0775. The molecule has 1 aromatic heterocycles. The van der Waals surface area contributed by atoms with Crippen LogP contribution >= 0.6 is 11.6 Å². The molecule has 0 radical (unpaired) electrons. The summed E-state index contributed by atoms with van der Waals surface area (Å²) in [5, 5.41) is 9.52. The van der Waals surface area contributed by atoms with Crippen LogP contribution in [0.1, 0.15) is 18.4 Å². The maximum absolute atomic E-state index is 13.1. The van der Waals surface area contributed by atoms with E-state index in [0.29, 0.717) is 5.02 Å². The average Bonchev–Trinajstić information content (AvgIpc) is 3.24. The van der Waals surface area contributed by atoms with Crippen LogP contribution in [0.5, 0.6) is 0 Å². The molecule has 0 unspecified atom stereocenters. The molecule has 1 saturated heterocycles. The number of aromatic nitrogens is 2. The molecule has 0 atom stereocenters. The smallest absolute Gasteiger partial charge is 0.230 e. The average molecular weight is 419 g/mol. The van der Waals surface area contributed by atoms with Crippen LogP contribution in [0.3, 0.4) is 0 Å². The third-order valence-corrected chi connectivity index (χ3v) is 6.36. The van der Waals surface area contributed by atoms with E-state index in [1.165, 1.54) is 5.56 Å². The third kappa shape index (κ3) is 3.65. The number of carbonyl (C=O) groups excluding carboxylic acids is 1. The van der Waals surface area contributed by atoms with Gasteiger partial charge in [-0.25, -0.2) is 0 Å². The molecule has 3 aromatic rings. The number of halogens is 1. The van der Waals surface area contributed by atoms with E-state index in [-0.39, 0.29) is 11.8 Å². The number of benzene rings is 2. The molecule has 152 valence electrons. The Hall–Kier alpha value is -2.92. The predicted molar refractivity (Wildman–Crippen MR) is 120 cm³/mol. The van der Waals surface area contributed by atoms with Gasteiger partial charge < -0.3 is 9.80 Å². The predicted octanol–water partition coefficient (Wildman–Crippen LogP) is 4.60. The topological polar surface area (TPSA) is 49.3 Å². The monoisotopic (exact) mass is 418 g/mol. The number of fused-ring (bicyclic) bond motifs is 1. The largest absolute Gasteiger partial charge is 0.355 e. The second-order valence-corrected chi connectivity index (χ2v) is 8.35. The summed E-state index contributed by atoms with van der Waals surface area (Å²) < 4.78 is 0. The van der Waals surface area contributed by atoms with Crippen LogP contribution in [-0.4, -0.2) is 35.7 Å². The van der Waals surface area contributed by atoms with Gasteiger partial charge in [-0.1, -0.05) is 41.9 Å². The fraction of sp³-hybridized carbons (Fsp3) is 0.292. The molecule has 2 aromatic carbocycles. The lowest BCUT2D eigenvalue weighted by Gasteiger charge is -2.33. The molecular weight excluding hydrogens is 396 g/mol. The van der Waals surface area contributed by atoms with Crippen molar-refractivity contribution in [3.63, 3.8) is 0 Å². The zero-order chi connectivity index (χ0) is 20.5. The lowest BCUT2D eigenvalue weighted by molar-refractivity contribution is -0.122. The van der Waals surface area contributed by atoms with E-state index in [1.54, 1.807) is 0 Å². The Kier molecular flexibility index (Phi) is 5.13. The number of rotatable bonds is 3. The minimum absolute atomic E-state index is 0.0775. The molecule has 0 N–H and O–H groups in total.